The Labute approximate surface area is 207 Å². The molecule has 1 aromatic carbocycles. The zero-order valence-electron chi connectivity index (χ0n) is 22.5. The predicted octanol–water partition coefficient (Wildman–Crippen LogP) is 4.13. The highest BCUT2D eigenvalue weighted by Crippen LogP contribution is 2.44. The van der Waals surface area contributed by atoms with Crippen LogP contribution >= 0.6 is 11.3 Å². The fraction of sp³-hybridized carbons (Fsp3) is 0.320. The predicted molar refractivity (Wildman–Crippen MR) is 133 cm³/mol. The highest BCUT2D eigenvalue weighted by molar-refractivity contribution is 7.08. The summed E-state index contributed by atoms with van der Waals surface area (Å²) in [5, 5.41) is 10.9. The molecule has 178 valence electrons. The van der Waals surface area contributed by atoms with Crippen molar-refractivity contribution in [2.75, 3.05) is 27.2 Å². The number of ether oxygens (including phenoxy) is 2. The van der Waals surface area contributed by atoms with E-state index in [0.717, 1.165) is 21.7 Å². The second-order valence-corrected chi connectivity index (χ2v) is 8.89. The summed E-state index contributed by atoms with van der Waals surface area (Å²) in [5.74, 6) is 0.141. The van der Waals surface area contributed by atoms with Crippen LogP contribution < -0.4 is 14.8 Å². The van der Waals surface area contributed by atoms with Crippen LogP contribution in [-0.4, -0.2) is 53.7 Å². The lowest BCUT2D eigenvalue weighted by Crippen LogP contribution is -2.36. The van der Waals surface area contributed by atoms with Gasteiger partial charge in [-0.2, -0.15) is 16.4 Å². The van der Waals surface area contributed by atoms with Crippen LogP contribution in [0.25, 0.3) is 23.0 Å². The third-order valence-electron chi connectivity index (χ3n) is 5.29. The number of nitrogens with zero attached hydrogens (tertiary/aromatic N) is 3. The maximum atomic E-state index is 13.6. The maximum Gasteiger partial charge on any atom is 0.274 e. The molecule has 0 atom stereocenters. The quantitative estimate of drug-likeness (QED) is 0.546. The van der Waals surface area contributed by atoms with Crippen molar-refractivity contribution in [1.29, 1.82) is 0 Å². The van der Waals surface area contributed by atoms with Crippen LogP contribution in [0.2, 0.25) is 0 Å². The molecule has 1 aliphatic rings. The zero-order valence-corrected chi connectivity index (χ0v) is 20.3. The molecule has 0 bridgehead atoms. The van der Waals surface area contributed by atoms with Crippen LogP contribution in [-0.2, 0) is 11.4 Å². The van der Waals surface area contributed by atoms with Gasteiger partial charge < -0.3 is 19.7 Å². The van der Waals surface area contributed by atoms with Gasteiger partial charge >= 0.3 is 0 Å². The van der Waals surface area contributed by atoms with Gasteiger partial charge in [-0.1, -0.05) is 11.6 Å². The molecule has 0 fully saturated rings. The van der Waals surface area contributed by atoms with Gasteiger partial charge in [0.1, 0.15) is 18.1 Å². The van der Waals surface area contributed by atoms with Gasteiger partial charge in [0.05, 0.1) is 18.5 Å². The maximum absolute atomic E-state index is 13.6. The van der Waals surface area contributed by atoms with E-state index in [1.54, 1.807) is 11.8 Å². The molecule has 0 unspecified atom stereocenters. The summed E-state index contributed by atoms with van der Waals surface area (Å²) in [6.45, 7) is 2.39. The van der Waals surface area contributed by atoms with Crippen LogP contribution in [0.1, 0.15) is 46.5 Å². The Bertz CT molecular complexity index is 1360. The molecular formula is C25H28N4O4S. The molecule has 0 spiro atoms. The van der Waals surface area contributed by atoms with Crippen molar-refractivity contribution in [2.24, 2.45) is 0 Å². The van der Waals surface area contributed by atoms with Crippen molar-refractivity contribution in [3.05, 3.63) is 51.4 Å². The lowest BCUT2D eigenvalue weighted by molar-refractivity contribution is -0.118. The number of thiophene rings is 1. The van der Waals surface area contributed by atoms with Gasteiger partial charge in [0.2, 0.25) is 5.91 Å². The second-order valence-electron chi connectivity index (χ2n) is 8.11. The van der Waals surface area contributed by atoms with E-state index >= 15 is 0 Å². The molecule has 4 rings (SSSR count). The number of aromatic nitrogens is 2. The summed E-state index contributed by atoms with van der Waals surface area (Å²) in [7, 11) is 1.59. The van der Waals surface area contributed by atoms with Crippen molar-refractivity contribution in [3.63, 3.8) is 0 Å². The van der Waals surface area contributed by atoms with Crippen molar-refractivity contribution < 1.29 is 23.2 Å². The zero-order chi connectivity index (χ0) is 26.9. The molecule has 2 amide bonds. The van der Waals surface area contributed by atoms with E-state index in [9.17, 15) is 9.59 Å². The van der Waals surface area contributed by atoms with E-state index < -0.39 is 12.9 Å². The third kappa shape index (κ3) is 4.56. The highest BCUT2D eigenvalue weighted by atomic mass is 32.1. The number of fused-ring (bicyclic) bond motifs is 3. The van der Waals surface area contributed by atoms with Crippen LogP contribution in [0.3, 0.4) is 0 Å². The smallest absolute Gasteiger partial charge is 0.274 e. The van der Waals surface area contributed by atoms with E-state index in [-0.39, 0.29) is 31.3 Å². The summed E-state index contributed by atoms with van der Waals surface area (Å²) in [6.07, 6.45) is 1.99. The highest BCUT2D eigenvalue weighted by Gasteiger charge is 2.32. The Balaban J connectivity index is 1.88. The summed E-state index contributed by atoms with van der Waals surface area (Å²) >= 11 is 1.48. The van der Waals surface area contributed by atoms with E-state index in [1.807, 2.05) is 48.9 Å². The first-order valence-electron chi connectivity index (χ1n) is 12.2. The van der Waals surface area contributed by atoms with Crippen molar-refractivity contribution in [1.82, 2.24) is 20.0 Å². The SMILES string of the molecule is [2H]C([2H])([2H])N(CCNC(C)=O)C(=O)c1nn(-c2ccsc2)c2c1COc1cc(OC)c(C=C(C)C)cc1-2. The molecule has 1 N–H and O–H groups in total. The van der Waals surface area contributed by atoms with Crippen molar-refractivity contribution in [2.45, 2.75) is 27.4 Å². The average molecular weight is 484 g/mol. The number of allylic oxidation sites excluding steroid dienone is 1. The molecule has 0 radical (unpaired) electrons. The number of carbonyl (C=O) groups excluding carboxylic acids is 2. The van der Waals surface area contributed by atoms with E-state index in [0.29, 0.717) is 28.3 Å². The Kier molecular flexibility index (Phi) is 5.67. The van der Waals surface area contributed by atoms with Gasteiger partial charge in [0, 0.05) is 59.2 Å². The minimum atomic E-state index is -2.73. The minimum absolute atomic E-state index is 0.00190. The molecule has 34 heavy (non-hydrogen) atoms. The van der Waals surface area contributed by atoms with E-state index in [1.165, 1.54) is 18.3 Å². The molecule has 9 heteroatoms. The number of rotatable bonds is 7. The largest absolute Gasteiger partial charge is 0.496 e. The Morgan fingerprint density at radius 3 is 2.85 bits per heavy atom. The van der Waals surface area contributed by atoms with E-state index in [2.05, 4.69) is 10.4 Å². The lowest BCUT2D eigenvalue weighted by Gasteiger charge is -2.22. The van der Waals surface area contributed by atoms with Crippen molar-refractivity contribution >= 4 is 29.2 Å². The van der Waals surface area contributed by atoms with Gasteiger partial charge in [-0.3, -0.25) is 9.59 Å². The Morgan fingerprint density at radius 2 is 2.21 bits per heavy atom. The standard InChI is InChI=1S/C25H28N4O4S/c1-15(2)10-17-11-19-22(12-21(17)32-5)33-13-20-23(25(31)28(4)8-7-26-16(3)30)27-29(24(19)20)18-6-9-34-14-18/h6,9-12,14H,7-8,13H2,1-5H3,(H,26,30)/i4D3. The molecule has 0 saturated heterocycles. The fourth-order valence-corrected chi connectivity index (χ4v) is 4.42. The summed E-state index contributed by atoms with van der Waals surface area (Å²) in [6, 6.07) is 5.61. The Morgan fingerprint density at radius 1 is 1.38 bits per heavy atom. The number of nitrogens with one attached hydrogen (secondary N) is 1. The van der Waals surface area contributed by atoms with E-state index in [4.69, 9.17) is 13.6 Å². The van der Waals surface area contributed by atoms with Gasteiger partial charge in [0.25, 0.3) is 5.91 Å². The third-order valence-corrected chi connectivity index (χ3v) is 5.97. The van der Waals surface area contributed by atoms with Crippen LogP contribution in [0.4, 0.5) is 0 Å². The molecule has 8 nitrogen and oxygen atoms in total. The first-order valence-corrected chi connectivity index (χ1v) is 11.7. The monoisotopic (exact) mass is 483 g/mol. The normalized spacial score (nSPS) is 13.4. The first-order chi connectivity index (χ1) is 17.5. The molecule has 1 aliphatic heterocycles. The molecule has 0 saturated carbocycles. The summed E-state index contributed by atoms with van der Waals surface area (Å²) < 4.78 is 37.1. The molecule has 3 aromatic rings. The number of carbonyl (C=O) groups is 2. The van der Waals surface area contributed by atoms with Gasteiger partial charge in [-0.05, 0) is 31.4 Å². The van der Waals surface area contributed by atoms with Gasteiger partial charge in [0.15, 0.2) is 5.69 Å². The first kappa shape index (κ1) is 19.8. The summed E-state index contributed by atoms with van der Waals surface area (Å²) in [4.78, 5) is 25.7. The number of likely N-dealkylation sites (N-methyl/N-ethyl adjacent to an activating group) is 1. The average Bonchev–Trinajstić information content (AvgIpc) is 3.47. The molecule has 2 aromatic heterocycles. The topological polar surface area (TPSA) is 85.7 Å². The molecule has 3 heterocycles. The molecule has 0 aliphatic carbocycles. The summed E-state index contributed by atoms with van der Waals surface area (Å²) in [5.41, 5.74) is 4.50. The number of hydrogen-bond acceptors (Lipinski definition) is 6. The number of methoxy groups -OCH3 is 1. The second kappa shape index (κ2) is 9.72. The number of hydrogen-bond donors (Lipinski definition) is 1. The van der Waals surface area contributed by atoms with Crippen LogP contribution in [0.5, 0.6) is 11.5 Å². The number of benzene rings is 1. The van der Waals surface area contributed by atoms with Crippen LogP contribution in [0.15, 0.2) is 34.5 Å². The molecular weight excluding hydrogens is 452 g/mol. The van der Waals surface area contributed by atoms with Gasteiger partial charge in [-0.15, -0.1) is 0 Å². The number of amides is 2. The van der Waals surface area contributed by atoms with Crippen molar-refractivity contribution in [3.8, 4) is 28.4 Å². The van der Waals surface area contributed by atoms with Crippen LogP contribution in [0, 0.1) is 0 Å². The Hall–Kier alpha value is -3.59. The van der Waals surface area contributed by atoms with Gasteiger partial charge in [-0.25, -0.2) is 4.68 Å². The minimum Gasteiger partial charge on any atom is -0.496 e. The fourth-order valence-electron chi connectivity index (χ4n) is 3.81. The lowest BCUT2D eigenvalue weighted by atomic mass is 9.98.